The minimum atomic E-state index is -1.000. The second-order valence-electron chi connectivity index (χ2n) is 3.79. The molecular weight excluding hydrogens is 196 g/mol. The number of nitrogens with zero attached hydrogens (tertiary/aromatic N) is 1. The van der Waals surface area contributed by atoms with Crippen LogP contribution in [0.5, 0.6) is 0 Å². The first-order chi connectivity index (χ1) is 6.88. The molecule has 2 N–H and O–H groups in total. The maximum atomic E-state index is 10.8. The molecule has 0 aromatic carbocycles. The minimum absolute atomic E-state index is 0.306. The van der Waals surface area contributed by atoms with Gasteiger partial charge in [-0.2, -0.15) is 0 Å². The van der Waals surface area contributed by atoms with Crippen LogP contribution in [0.3, 0.4) is 0 Å². The van der Waals surface area contributed by atoms with Gasteiger partial charge in [0.2, 0.25) is 5.91 Å². The van der Waals surface area contributed by atoms with E-state index in [1.54, 1.807) is 0 Å². The zero-order chi connectivity index (χ0) is 12.0. The van der Waals surface area contributed by atoms with Crippen molar-refractivity contribution in [2.24, 2.45) is 0 Å². The van der Waals surface area contributed by atoms with Crippen LogP contribution in [0.4, 0.5) is 0 Å². The van der Waals surface area contributed by atoms with Crippen LogP contribution in [0.15, 0.2) is 0 Å². The van der Waals surface area contributed by atoms with Gasteiger partial charge < -0.3 is 15.3 Å². The number of hydrogen-bond acceptors (Lipinski definition) is 3. The lowest BCUT2D eigenvalue weighted by molar-refractivity contribution is -0.142. The third kappa shape index (κ3) is 5.37. The van der Waals surface area contributed by atoms with Crippen molar-refractivity contribution in [3.63, 3.8) is 0 Å². The zero-order valence-electron chi connectivity index (χ0n) is 9.78. The van der Waals surface area contributed by atoms with E-state index in [4.69, 9.17) is 5.11 Å². The smallest absolute Gasteiger partial charge is 0.327 e. The second kappa shape index (κ2) is 6.40. The minimum Gasteiger partial charge on any atom is -0.480 e. The molecule has 5 nitrogen and oxygen atoms in total. The van der Waals surface area contributed by atoms with E-state index in [2.05, 4.69) is 5.32 Å². The molecule has 15 heavy (non-hydrogen) atoms. The van der Waals surface area contributed by atoms with Gasteiger partial charge >= 0.3 is 5.97 Å². The highest BCUT2D eigenvalue weighted by atomic mass is 16.4. The number of rotatable bonds is 6. The molecule has 0 aliphatic carbocycles. The molecule has 0 rings (SSSR count). The molecule has 0 aromatic heterocycles. The van der Waals surface area contributed by atoms with Crippen LogP contribution >= 0.6 is 0 Å². The quantitative estimate of drug-likeness (QED) is 0.670. The highest BCUT2D eigenvalue weighted by Crippen LogP contribution is 2.01. The van der Waals surface area contributed by atoms with Gasteiger partial charge in [-0.15, -0.1) is 0 Å². The molecule has 2 unspecified atom stereocenters. The van der Waals surface area contributed by atoms with Crippen molar-refractivity contribution >= 4 is 11.9 Å². The number of carboxylic acids is 1. The molecule has 0 spiro atoms. The van der Waals surface area contributed by atoms with Gasteiger partial charge in [0.15, 0.2) is 0 Å². The fourth-order valence-electron chi connectivity index (χ4n) is 1.21. The molecular formula is C10H20N2O3. The van der Waals surface area contributed by atoms with Gasteiger partial charge in [-0.1, -0.05) is 6.92 Å². The van der Waals surface area contributed by atoms with E-state index in [0.29, 0.717) is 12.6 Å². The molecule has 1 amide bonds. The summed E-state index contributed by atoms with van der Waals surface area (Å²) in [6.07, 6.45) is 0.947. The number of likely N-dealkylation sites (N-methyl/N-ethyl adjacent to an activating group) is 1. The van der Waals surface area contributed by atoms with Crippen molar-refractivity contribution in [1.82, 2.24) is 10.2 Å². The van der Waals surface area contributed by atoms with E-state index >= 15 is 0 Å². The highest BCUT2D eigenvalue weighted by Gasteiger charge is 2.21. The lowest BCUT2D eigenvalue weighted by atomic mass is 10.2. The molecule has 5 heteroatoms. The van der Waals surface area contributed by atoms with Gasteiger partial charge in [-0.3, -0.25) is 4.79 Å². The average molecular weight is 216 g/mol. The second-order valence-corrected chi connectivity index (χ2v) is 3.79. The van der Waals surface area contributed by atoms with E-state index in [1.807, 2.05) is 25.8 Å². The summed E-state index contributed by atoms with van der Waals surface area (Å²) in [5.74, 6) is -1.32. The molecule has 0 heterocycles. The van der Waals surface area contributed by atoms with E-state index in [9.17, 15) is 9.59 Å². The van der Waals surface area contributed by atoms with Crippen molar-refractivity contribution in [3.8, 4) is 0 Å². The van der Waals surface area contributed by atoms with Crippen LogP contribution in [0.25, 0.3) is 0 Å². The van der Waals surface area contributed by atoms with Gasteiger partial charge in [-0.25, -0.2) is 4.79 Å². The third-order valence-electron chi connectivity index (χ3n) is 2.49. The Labute approximate surface area is 90.5 Å². The first kappa shape index (κ1) is 13.9. The Hall–Kier alpha value is -1.10. The summed E-state index contributed by atoms with van der Waals surface area (Å²) < 4.78 is 0. The molecule has 0 bridgehead atoms. The van der Waals surface area contributed by atoms with E-state index in [1.165, 1.54) is 6.92 Å². The van der Waals surface area contributed by atoms with Crippen molar-refractivity contribution in [2.75, 3.05) is 13.6 Å². The van der Waals surface area contributed by atoms with Gasteiger partial charge in [0, 0.05) is 19.5 Å². The molecule has 0 radical (unpaired) electrons. The van der Waals surface area contributed by atoms with Gasteiger partial charge in [0.1, 0.15) is 6.04 Å². The van der Waals surface area contributed by atoms with Gasteiger partial charge in [-0.05, 0) is 20.4 Å². The van der Waals surface area contributed by atoms with Crippen molar-refractivity contribution in [2.45, 2.75) is 39.3 Å². The summed E-state index contributed by atoms with van der Waals surface area (Å²) in [5, 5.41) is 11.3. The van der Waals surface area contributed by atoms with Crippen molar-refractivity contribution < 1.29 is 14.7 Å². The van der Waals surface area contributed by atoms with Gasteiger partial charge in [0.05, 0.1) is 0 Å². The van der Waals surface area contributed by atoms with Crippen molar-refractivity contribution in [3.05, 3.63) is 0 Å². The van der Waals surface area contributed by atoms with E-state index in [0.717, 1.165) is 6.42 Å². The number of nitrogens with one attached hydrogen (secondary N) is 1. The zero-order valence-corrected chi connectivity index (χ0v) is 9.78. The Morgan fingerprint density at radius 2 is 2.00 bits per heavy atom. The van der Waals surface area contributed by atoms with E-state index in [-0.39, 0.29) is 5.91 Å². The third-order valence-corrected chi connectivity index (χ3v) is 2.49. The number of carbonyl (C=O) groups excluding carboxylic acids is 1. The van der Waals surface area contributed by atoms with Crippen LogP contribution < -0.4 is 5.32 Å². The van der Waals surface area contributed by atoms with Gasteiger partial charge in [0.25, 0.3) is 0 Å². The van der Waals surface area contributed by atoms with Crippen LogP contribution in [-0.2, 0) is 9.59 Å². The first-order valence-corrected chi connectivity index (χ1v) is 5.08. The predicted octanol–water partition coefficient (Wildman–Crippen LogP) is 0.306. The lowest BCUT2D eigenvalue weighted by Crippen LogP contribution is -2.48. The summed E-state index contributed by atoms with van der Waals surface area (Å²) in [6.45, 7) is 5.70. The fraction of sp³-hybridized carbons (Fsp3) is 0.800. The number of hydrogen-bond donors (Lipinski definition) is 2. The van der Waals surface area contributed by atoms with Crippen molar-refractivity contribution in [1.29, 1.82) is 0 Å². The van der Waals surface area contributed by atoms with Crippen LogP contribution in [0, 0.1) is 0 Å². The highest BCUT2D eigenvalue weighted by molar-refractivity contribution is 5.82. The number of carboxylic acid groups (broad SMARTS) is 1. The normalized spacial score (nSPS) is 14.7. The summed E-state index contributed by atoms with van der Waals surface area (Å²) in [5.41, 5.74) is 0. The Balaban J connectivity index is 4.28. The molecule has 0 aliphatic rings. The molecule has 0 aliphatic heterocycles. The Morgan fingerprint density at radius 3 is 2.33 bits per heavy atom. The molecule has 2 atom stereocenters. The average Bonchev–Trinajstić information content (AvgIpc) is 2.14. The largest absolute Gasteiger partial charge is 0.480 e. The summed E-state index contributed by atoms with van der Waals surface area (Å²) >= 11 is 0. The first-order valence-electron chi connectivity index (χ1n) is 5.08. The van der Waals surface area contributed by atoms with E-state index < -0.39 is 12.0 Å². The standard InChI is InChI=1S/C10H20N2O3/c1-5-7(2)12(4)6-9(10(14)15)11-8(3)13/h7,9H,5-6H2,1-4H3,(H,11,13)(H,14,15). The van der Waals surface area contributed by atoms with Crippen LogP contribution in [-0.4, -0.2) is 47.6 Å². The van der Waals surface area contributed by atoms with Crippen LogP contribution in [0.2, 0.25) is 0 Å². The Kier molecular flexibility index (Phi) is 5.93. The molecule has 0 fully saturated rings. The lowest BCUT2D eigenvalue weighted by Gasteiger charge is -2.26. The van der Waals surface area contributed by atoms with Crippen LogP contribution in [0.1, 0.15) is 27.2 Å². The number of aliphatic carboxylic acids is 1. The SMILES string of the molecule is CCC(C)N(C)CC(NC(C)=O)C(=O)O. The Morgan fingerprint density at radius 1 is 1.47 bits per heavy atom. The summed E-state index contributed by atoms with van der Waals surface area (Å²) in [7, 11) is 1.85. The topological polar surface area (TPSA) is 69.6 Å². The number of carbonyl (C=O) groups is 2. The summed E-state index contributed by atoms with van der Waals surface area (Å²) in [4.78, 5) is 23.6. The summed E-state index contributed by atoms with van der Waals surface area (Å²) in [6, 6.07) is -0.526. The Bertz CT molecular complexity index is 231. The molecule has 0 saturated carbocycles. The monoisotopic (exact) mass is 216 g/mol. The molecule has 0 saturated heterocycles. The maximum absolute atomic E-state index is 10.8. The maximum Gasteiger partial charge on any atom is 0.327 e. The predicted molar refractivity (Wildman–Crippen MR) is 57.6 cm³/mol. The molecule has 0 aromatic rings. The number of amides is 1. The fourth-order valence-corrected chi connectivity index (χ4v) is 1.21. The molecule has 88 valence electrons.